The number of hydrogen-bond acceptors (Lipinski definition) is 3. The summed E-state index contributed by atoms with van der Waals surface area (Å²) >= 11 is 0. The molecular formula is C19H27BNO2. The Balaban J connectivity index is 2.10. The summed E-state index contributed by atoms with van der Waals surface area (Å²) in [5.41, 5.74) is 3.89. The highest BCUT2D eigenvalue weighted by atomic mass is 16.5. The molecule has 0 amide bonds. The fraction of sp³-hybridized carbons (Fsp3) is 0.474. The Kier molecular flexibility index (Phi) is 5.07. The van der Waals surface area contributed by atoms with Crippen molar-refractivity contribution in [1.82, 2.24) is 5.32 Å². The quantitative estimate of drug-likeness (QED) is 0.822. The van der Waals surface area contributed by atoms with Crippen LogP contribution >= 0.6 is 0 Å². The van der Waals surface area contributed by atoms with Gasteiger partial charge in [0.05, 0.1) is 17.2 Å². The maximum Gasteiger partial charge on any atom is 0.330 e. The van der Waals surface area contributed by atoms with Crippen molar-refractivity contribution in [2.75, 3.05) is 0 Å². The van der Waals surface area contributed by atoms with Crippen LogP contribution in [0.3, 0.4) is 0 Å². The van der Waals surface area contributed by atoms with E-state index < -0.39 is 11.7 Å². The zero-order valence-corrected chi connectivity index (χ0v) is 15.0. The molecular weight excluding hydrogens is 285 g/mol. The van der Waals surface area contributed by atoms with Crippen LogP contribution in [-0.2, 0) is 4.65 Å². The molecule has 23 heavy (non-hydrogen) atoms. The maximum absolute atomic E-state index is 9.68. The summed E-state index contributed by atoms with van der Waals surface area (Å²) < 4.78 is 5.70. The molecule has 1 aromatic rings. The molecule has 0 spiro atoms. The van der Waals surface area contributed by atoms with Crippen molar-refractivity contribution in [2.45, 2.75) is 58.8 Å². The van der Waals surface area contributed by atoms with Crippen LogP contribution < -0.4 is 10.8 Å². The Morgan fingerprint density at radius 2 is 1.83 bits per heavy atom. The van der Waals surface area contributed by atoms with Crippen LogP contribution in [0, 0.1) is 0 Å². The molecule has 3 nitrogen and oxygen atoms in total. The van der Waals surface area contributed by atoms with Crippen LogP contribution in [0.5, 0.6) is 0 Å². The van der Waals surface area contributed by atoms with E-state index in [0.717, 1.165) is 16.7 Å². The predicted octanol–water partition coefficient (Wildman–Crippen LogP) is 2.78. The molecule has 1 aliphatic heterocycles. The van der Waals surface area contributed by atoms with Crippen LogP contribution in [0.15, 0.2) is 42.0 Å². The number of aliphatic hydroxyl groups excluding tert-OH is 1. The highest BCUT2D eigenvalue weighted by Gasteiger charge is 2.25. The zero-order chi connectivity index (χ0) is 17.3. The van der Waals surface area contributed by atoms with Crippen molar-refractivity contribution in [1.29, 1.82) is 0 Å². The summed E-state index contributed by atoms with van der Waals surface area (Å²) in [6.45, 7) is 11.9. The van der Waals surface area contributed by atoms with E-state index in [1.54, 1.807) is 14.4 Å². The van der Waals surface area contributed by atoms with Gasteiger partial charge in [-0.3, -0.25) is 0 Å². The van der Waals surface area contributed by atoms with Gasteiger partial charge in [-0.2, -0.15) is 0 Å². The molecule has 0 saturated carbocycles. The van der Waals surface area contributed by atoms with E-state index in [2.05, 4.69) is 50.4 Å². The largest absolute Gasteiger partial charge is 0.427 e. The zero-order valence-electron chi connectivity index (χ0n) is 15.0. The van der Waals surface area contributed by atoms with Crippen molar-refractivity contribution in [2.24, 2.45) is 0 Å². The number of allylic oxidation sites excluding steroid dienone is 2. The molecule has 0 bridgehead atoms. The summed E-state index contributed by atoms with van der Waals surface area (Å²) in [5.74, 6) is 0. The average Bonchev–Trinajstić information content (AvgIpc) is 2.48. The Morgan fingerprint density at radius 3 is 2.39 bits per heavy atom. The summed E-state index contributed by atoms with van der Waals surface area (Å²) in [4.78, 5) is 0. The Bertz CT molecular complexity index is 613. The first-order valence-corrected chi connectivity index (χ1v) is 8.08. The minimum Gasteiger partial charge on any atom is -0.427 e. The van der Waals surface area contributed by atoms with Gasteiger partial charge in [0.25, 0.3) is 0 Å². The van der Waals surface area contributed by atoms with Crippen molar-refractivity contribution in [3.8, 4) is 0 Å². The van der Waals surface area contributed by atoms with Crippen molar-refractivity contribution in [3.63, 3.8) is 0 Å². The van der Waals surface area contributed by atoms with Gasteiger partial charge in [0, 0.05) is 5.70 Å². The smallest absolute Gasteiger partial charge is 0.330 e. The van der Waals surface area contributed by atoms with E-state index in [4.69, 9.17) is 4.65 Å². The van der Waals surface area contributed by atoms with Gasteiger partial charge in [0.15, 0.2) is 0 Å². The molecule has 0 aromatic heterocycles. The predicted molar refractivity (Wildman–Crippen MR) is 97.6 cm³/mol. The normalized spacial score (nSPS) is 18.6. The average molecular weight is 312 g/mol. The number of dihydropyridines is 1. The molecule has 123 valence electrons. The molecule has 0 saturated heterocycles. The van der Waals surface area contributed by atoms with Gasteiger partial charge in [0.1, 0.15) is 0 Å². The molecule has 2 rings (SSSR count). The number of hydrogen-bond donors (Lipinski definition) is 2. The fourth-order valence-electron chi connectivity index (χ4n) is 2.23. The highest BCUT2D eigenvalue weighted by Crippen LogP contribution is 2.25. The Morgan fingerprint density at radius 1 is 1.22 bits per heavy atom. The molecule has 1 heterocycles. The first kappa shape index (κ1) is 17.8. The Labute approximate surface area is 140 Å². The van der Waals surface area contributed by atoms with E-state index in [1.807, 2.05) is 26.0 Å². The van der Waals surface area contributed by atoms with E-state index in [0.29, 0.717) is 0 Å². The molecule has 4 heteroatoms. The monoisotopic (exact) mass is 312 g/mol. The Hall–Kier alpha value is -1.52. The molecule has 1 aromatic carbocycles. The number of nitrogens with one attached hydrogen (secondary N) is 1. The van der Waals surface area contributed by atoms with E-state index in [9.17, 15) is 5.11 Å². The molecule has 1 aliphatic rings. The molecule has 1 unspecified atom stereocenters. The van der Waals surface area contributed by atoms with E-state index in [1.165, 1.54) is 5.57 Å². The highest BCUT2D eigenvalue weighted by molar-refractivity contribution is 6.47. The first-order chi connectivity index (χ1) is 10.6. The second-order valence-electron chi connectivity index (χ2n) is 7.38. The first-order valence-electron chi connectivity index (χ1n) is 8.08. The molecule has 0 aliphatic carbocycles. The second-order valence-corrected chi connectivity index (χ2v) is 7.38. The molecule has 0 fully saturated rings. The summed E-state index contributed by atoms with van der Waals surface area (Å²) in [6.07, 6.45) is 3.81. The summed E-state index contributed by atoms with van der Waals surface area (Å²) in [7, 11) is 1.70. The van der Waals surface area contributed by atoms with E-state index in [-0.39, 0.29) is 5.54 Å². The van der Waals surface area contributed by atoms with Crippen LogP contribution in [0.25, 0.3) is 5.70 Å². The fourth-order valence-corrected chi connectivity index (χ4v) is 2.23. The number of rotatable bonds is 5. The summed E-state index contributed by atoms with van der Waals surface area (Å²) in [5, 5.41) is 13.3. The van der Waals surface area contributed by atoms with Gasteiger partial charge in [-0.1, -0.05) is 41.9 Å². The topological polar surface area (TPSA) is 41.5 Å². The minimum absolute atomic E-state index is 0.0377. The second kappa shape index (κ2) is 6.54. The van der Waals surface area contributed by atoms with Crippen LogP contribution in [0.4, 0.5) is 0 Å². The third kappa shape index (κ3) is 4.49. The van der Waals surface area contributed by atoms with Crippen molar-refractivity contribution in [3.05, 3.63) is 47.6 Å². The van der Waals surface area contributed by atoms with Gasteiger partial charge in [-0.15, -0.1) is 0 Å². The van der Waals surface area contributed by atoms with Crippen LogP contribution in [0.2, 0.25) is 0 Å². The number of benzene rings is 1. The SMILES string of the molecule is CC1=C(c2ccc([B]OC(C)(C)C(C)O)cc2)NC(C)(C)C=C1. The lowest BCUT2D eigenvalue weighted by Gasteiger charge is -2.31. The van der Waals surface area contributed by atoms with E-state index >= 15 is 0 Å². The standard InChI is InChI=1S/C19H27BNO2/c1-13-11-12-18(3,4)21-17(13)15-7-9-16(10-8-15)20-23-19(5,6)14(2)22/h7-12,14,21-22H,1-6H3. The third-order valence-electron chi connectivity index (χ3n) is 4.30. The summed E-state index contributed by atoms with van der Waals surface area (Å²) in [6, 6.07) is 8.23. The van der Waals surface area contributed by atoms with Gasteiger partial charge < -0.3 is 15.1 Å². The lowest BCUT2D eigenvalue weighted by atomic mass is 9.84. The lowest BCUT2D eigenvalue weighted by molar-refractivity contribution is -0.0146. The van der Waals surface area contributed by atoms with Crippen LogP contribution in [-0.4, -0.2) is 29.8 Å². The van der Waals surface area contributed by atoms with Gasteiger partial charge in [0.2, 0.25) is 0 Å². The van der Waals surface area contributed by atoms with Gasteiger partial charge in [-0.05, 0) is 52.7 Å². The van der Waals surface area contributed by atoms with Crippen molar-refractivity contribution >= 4 is 18.6 Å². The third-order valence-corrected chi connectivity index (χ3v) is 4.30. The molecule has 1 radical (unpaired) electrons. The van der Waals surface area contributed by atoms with Gasteiger partial charge >= 0.3 is 7.48 Å². The van der Waals surface area contributed by atoms with Crippen LogP contribution in [0.1, 0.15) is 47.1 Å². The maximum atomic E-state index is 9.68. The minimum atomic E-state index is -0.600. The number of aliphatic hydroxyl groups is 1. The molecule has 1 atom stereocenters. The van der Waals surface area contributed by atoms with Gasteiger partial charge in [-0.25, -0.2) is 0 Å². The molecule has 2 N–H and O–H groups in total. The lowest BCUT2D eigenvalue weighted by Crippen LogP contribution is -2.40. The van der Waals surface area contributed by atoms with Crippen molar-refractivity contribution < 1.29 is 9.76 Å².